The smallest absolute Gasteiger partial charge is 0.119 e. The van der Waals surface area contributed by atoms with Crippen LogP contribution in [0.2, 0.25) is 0 Å². The van der Waals surface area contributed by atoms with Crippen molar-refractivity contribution in [3.05, 3.63) is 29.8 Å². The average Bonchev–Trinajstić information content (AvgIpc) is 3.22. The maximum Gasteiger partial charge on any atom is 0.119 e. The lowest BCUT2D eigenvalue weighted by Crippen LogP contribution is -2.26. The summed E-state index contributed by atoms with van der Waals surface area (Å²) in [4.78, 5) is 2.39. The van der Waals surface area contributed by atoms with Crippen LogP contribution in [-0.4, -0.2) is 38.2 Å². The largest absolute Gasteiger partial charge is 0.492 e. The van der Waals surface area contributed by atoms with E-state index in [0.29, 0.717) is 6.04 Å². The number of ether oxygens (including phenoxy) is 1. The zero-order chi connectivity index (χ0) is 13.0. The van der Waals surface area contributed by atoms with Crippen molar-refractivity contribution >= 4 is 0 Å². The molecule has 1 aliphatic rings. The standard InChI is InChI=1S/C15H24N2O/c1-12(16-2)13-5-4-6-15(11-13)18-10-9-17(3)14-7-8-14/h4-6,11-12,14,16H,7-10H2,1-3H3. The number of nitrogens with zero attached hydrogens (tertiary/aromatic N) is 1. The van der Waals surface area contributed by atoms with Crippen molar-refractivity contribution in [2.24, 2.45) is 0 Å². The molecule has 3 heteroatoms. The lowest BCUT2D eigenvalue weighted by molar-refractivity contribution is 0.231. The van der Waals surface area contributed by atoms with Crippen LogP contribution in [-0.2, 0) is 0 Å². The molecule has 1 N–H and O–H groups in total. The van der Waals surface area contributed by atoms with Crippen molar-refractivity contribution in [1.29, 1.82) is 0 Å². The van der Waals surface area contributed by atoms with Crippen LogP contribution in [0.5, 0.6) is 5.75 Å². The van der Waals surface area contributed by atoms with Crippen molar-refractivity contribution in [3.63, 3.8) is 0 Å². The Balaban J connectivity index is 1.81. The van der Waals surface area contributed by atoms with E-state index in [2.05, 4.69) is 42.4 Å². The normalized spacial score (nSPS) is 16.9. The molecule has 1 fully saturated rings. The maximum atomic E-state index is 5.82. The van der Waals surface area contributed by atoms with E-state index in [9.17, 15) is 0 Å². The van der Waals surface area contributed by atoms with Gasteiger partial charge in [-0.25, -0.2) is 0 Å². The fraction of sp³-hybridized carbons (Fsp3) is 0.600. The molecule has 1 saturated carbocycles. The molecule has 1 unspecified atom stereocenters. The third kappa shape index (κ3) is 3.72. The first-order valence-electron chi connectivity index (χ1n) is 6.81. The molecule has 1 aromatic rings. The highest BCUT2D eigenvalue weighted by molar-refractivity contribution is 5.30. The van der Waals surface area contributed by atoms with Gasteiger partial charge in [-0.2, -0.15) is 0 Å². The zero-order valence-electron chi connectivity index (χ0n) is 11.6. The second kappa shape index (κ2) is 6.21. The van der Waals surface area contributed by atoms with Crippen LogP contribution in [0.3, 0.4) is 0 Å². The van der Waals surface area contributed by atoms with E-state index in [4.69, 9.17) is 4.74 Å². The first kappa shape index (κ1) is 13.4. The summed E-state index contributed by atoms with van der Waals surface area (Å²) in [5.41, 5.74) is 1.27. The summed E-state index contributed by atoms with van der Waals surface area (Å²) in [6.45, 7) is 3.93. The Labute approximate surface area is 110 Å². The van der Waals surface area contributed by atoms with Crippen LogP contribution in [0.4, 0.5) is 0 Å². The lowest BCUT2D eigenvalue weighted by atomic mass is 10.1. The van der Waals surface area contributed by atoms with E-state index in [-0.39, 0.29) is 0 Å². The van der Waals surface area contributed by atoms with Crippen molar-refractivity contribution < 1.29 is 4.74 Å². The summed E-state index contributed by atoms with van der Waals surface area (Å²) in [6, 6.07) is 9.52. The maximum absolute atomic E-state index is 5.82. The number of benzene rings is 1. The molecule has 0 heterocycles. The molecule has 1 aliphatic carbocycles. The molecule has 0 saturated heterocycles. The van der Waals surface area contributed by atoms with E-state index in [1.165, 1.54) is 18.4 Å². The molecule has 1 atom stereocenters. The molecule has 0 bridgehead atoms. The number of nitrogens with one attached hydrogen (secondary N) is 1. The Bertz CT molecular complexity index is 377. The summed E-state index contributed by atoms with van der Waals surface area (Å²) >= 11 is 0. The van der Waals surface area contributed by atoms with Crippen LogP contribution < -0.4 is 10.1 Å². The quantitative estimate of drug-likeness (QED) is 0.802. The molecule has 0 radical (unpaired) electrons. The zero-order valence-corrected chi connectivity index (χ0v) is 11.6. The molecule has 0 spiro atoms. The van der Waals surface area contributed by atoms with Crippen molar-refractivity contribution in [2.45, 2.75) is 31.8 Å². The average molecular weight is 248 g/mol. The number of hydrogen-bond donors (Lipinski definition) is 1. The molecule has 0 amide bonds. The summed E-state index contributed by atoms with van der Waals surface area (Å²) in [5.74, 6) is 0.971. The lowest BCUT2D eigenvalue weighted by Gasteiger charge is -2.17. The molecule has 2 rings (SSSR count). The monoisotopic (exact) mass is 248 g/mol. The van der Waals surface area contributed by atoms with Gasteiger partial charge in [0.25, 0.3) is 0 Å². The minimum Gasteiger partial charge on any atom is -0.492 e. The number of rotatable bonds is 7. The van der Waals surface area contributed by atoms with Gasteiger partial charge < -0.3 is 15.0 Å². The third-order valence-corrected chi connectivity index (χ3v) is 3.67. The topological polar surface area (TPSA) is 24.5 Å². The van der Waals surface area contributed by atoms with E-state index in [0.717, 1.165) is 24.9 Å². The molecule has 1 aromatic carbocycles. The van der Waals surface area contributed by atoms with Crippen LogP contribution in [0, 0.1) is 0 Å². The van der Waals surface area contributed by atoms with Gasteiger partial charge in [0, 0.05) is 18.6 Å². The molecule has 0 aromatic heterocycles. The molecule has 100 valence electrons. The molecule has 18 heavy (non-hydrogen) atoms. The highest BCUT2D eigenvalue weighted by atomic mass is 16.5. The minimum absolute atomic E-state index is 0.364. The SMILES string of the molecule is CNC(C)c1cccc(OCCN(C)C2CC2)c1. The van der Waals surface area contributed by atoms with Crippen molar-refractivity contribution in [3.8, 4) is 5.75 Å². The Kier molecular flexibility index (Phi) is 4.61. The van der Waals surface area contributed by atoms with E-state index < -0.39 is 0 Å². The Morgan fingerprint density at radius 1 is 1.44 bits per heavy atom. The van der Waals surface area contributed by atoms with Crippen LogP contribution in [0.25, 0.3) is 0 Å². The highest BCUT2D eigenvalue weighted by Gasteiger charge is 2.25. The van der Waals surface area contributed by atoms with Gasteiger partial charge in [-0.1, -0.05) is 12.1 Å². The summed E-state index contributed by atoms with van der Waals surface area (Å²) in [5, 5.41) is 3.24. The molecular formula is C15H24N2O. The van der Waals surface area contributed by atoms with E-state index in [1.807, 2.05) is 13.1 Å². The number of hydrogen-bond acceptors (Lipinski definition) is 3. The predicted molar refractivity (Wildman–Crippen MR) is 75.1 cm³/mol. The van der Waals surface area contributed by atoms with Crippen molar-refractivity contribution in [2.75, 3.05) is 27.2 Å². The van der Waals surface area contributed by atoms with Gasteiger partial charge in [0.05, 0.1) is 0 Å². The molecule has 3 nitrogen and oxygen atoms in total. The van der Waals surface area contributed by atoms with Gasteiger partial charge in [0.1, 0.15) is 12.4 Å². The summed E-state index contributed by atoms with van der Waals surface area (Å²) in [7, 11) is 4.16. The van der Waals surface area contributed by atoms with Crippen LogP contribution in [0.15, 0.2) is 24.3 Å². The Hall–Kier alpha value is -1.06. The fourth-order valence-corrected chi connectivity index (χ4v) is 2.05. The van der Waals surface area contributed by atoms with Crippen LogP contribution in [0.1, 0.15) is 31.4 Å². The number of likely N-dealkylation sites (N-methyl/N-ethyl adjacent to an activating group) is 1. The minimum atomic E-state index is 0.364. The summed E-state index contributed by atoms with van der Waals surface area (Å²) in [6.07, 6.45) is 2.71. The van der Waals surface area contributed by atoms with E-state index >= 15 is 0 Å². The summed E-state index contributed by atoms with van der Waals surface area (Å²) < 4.78 is 5.82. The molecular weight excluding hydrogens is 224 g/mol. The Morgan fingerprint density at radius 2 is 2.22 bits per heavy atom. The first-order valence-corrected chi connectivity index (χ1v) is 6.81. The third-order valence-electron chi connectivity index (χ3n) is 3.67. The second-order valence-corrected chi connectivity index (χ2v) is 5.14. The predicted octanol–water partition coefficient (Wildman–Crippen LogP) is 2.44. The van der Waals surface area contributed by atoms with Gasteiger partial charge in [0.15, 0.2) is 0 Å². The van der Waals surface area contributed by atoms with Gasteiger partial charge in [-0.15, -0.1) is 0 Å². The molecule has 0 aliphatic heterocycles. The van der Waals surface area contributed by atoms with Gasteiger partial charge in [0.2, 0.25) is 0 Å². The fourth-order valence-electron chi connectivity index (χ4n) is 2.05. The second-order valence-electron chi connectivity index (χ2n) is 5.14. The van der Waals surface area contributed by atoms with Gasteiger partial charge in [-0.05, 0) is 51.6 Å². The van der Waals surface area contributed by atoms with E-state index in [1.54, 1.807) is 0 Å². The Morgan fingerprint density at radius 3 is 2.89 bits per heavy atom. The van der Waals surface area contributed by atoms with Crippen molar-refractivity contribution in [1.82, 2.24) is 10.2 Å². The van der Waals surface area contributed by atoms with Crippen LogP contribution >= 0.6 is 0 Å². The first-order chi connectivity index (χ1) is 8.70. The van der Waals surface area contributed by atoms with Gasteiger partial charge >= 0.3 is 0 Å². The van der Waals surface area contributed by atoms with Gasteiger partial charge in [-0.3, -0.25) is 0 Å². The highest BCUT2D eigenvalue weighted by Crippen LogP contribution is 2.25.